The van der Waals surface area contributed by atoms with Gasteiger partial charge in [-0.2, -0.15) is 0 Å². The average molecular weight is 267 g/mol. The normalized spacial score (nSPS) is 20.2. The summed E-state index contributed by atoms with van der Waals surface area (Å²) in [6.07, 6.45) is 6.09. The van der Waals surface area contributed by atoms with Gasteiger partial charge in [0, 0.05) is 18.7 Å². The van der Waals surface area contributed by atoms with Gasteiger partial charge in [0.15, 0.2) is 0 Å². The molecule has 2 nitrogen and oxygen atoms in total. The molecule has 1 aromatic carbocycles. The number of allylic oxidation sites excluding steroid dienone is 4. The molecule has 0 atom stereocenters. The summed E-state index contributed by atoms with van der Waals surface area (Å²) in [7, 11) is 0. The summed E-state index contributed by atoms with van der Waals surface area (Å²) in [5.74, 6) is 0.131. The van der Waals surface area contributed by atoms with Crippen molar-refractivity contribution in [2.75, 3.05) is 6.54 Å². The molecule has 0 aromatic heterocycles. The Morgan fingerprint density at radius 2 is 1.95 bits per heavy atom. The Morgan fingerprint density at radius 3 is 2.55 bits per heavy atom. The lowest BCUT2D eigenvalue weighted by Gasteiger charge is -2.14. The smallest absolute Gasteiger partial charge is 0.254 e. The number of rotatable bonds is 3. The monoisotopic (exact) mass is 267 g/mol. The molecule has 2 rings (SSSR count). The average Bonchev–Trinajstić information content (AvgIpc) is 2.75. The zero-order valence-electron chi connectivity index (χ0n) is 12.4. The second-order valence-corrected chi connectivity index (χ2v) is 5.05. The van der Waals surface area contributed by atoms with Crippen molar-refractivity contribution in [3.63, 3.8) is 0 Å². The molecule has 0 bridgehead atoms. The number of amides is 1. The molecule has 0 aliphatic carbocycles. The third-order valence-electron chi connectivity index (χ3n) is 3.59. The highest BCUT2D eigenvalue weighted by molar-refractivity contribution is 6.01. The third kappa shape index (κ3) is 3.08. The van der Waals surface area contributed by atoms with Crippen molar-refractivity contribution in [3.05, 3.63) is 70.8 Å². The maximum absolute atomic E-state index is 12.4. The molecule has 2 heteroatoms. The molecular weight excluding hydrogens is 246 g/mol. The highest BCUT2D eigenvalue weighted by atomic mass is 16.2. The van der Waals surface area contributed by atoms with E-state index in [0.717, 1.165) is 11.1 Å². The largest absolute Gasteiger partial charge is 0.330 e. The van der Waals surface area contributed by atoms with Gasteiger partial charge in [0.1, 0.15) is 0 Å². The van der Waals surface area contributed by atoms with Crippen LogP contribution >= 0.6 is 0 Å². The van der Waals surface area contributed by atoms with Gasteiger partial charge < -0.3 is 4.90 Å². The third-order valence-corrected chi connectivity index (χ3v) is 3.59. The molecular formula is C18H21NO. The molecule has 0 unspecified atom stereocenters. The lowest BCUT2D eigenvalue weighted by Crippen LogP contribution is -2.24. The van der Waals surface area contributed by atoms with Crippen molar-refractivity contribution in [2.45, 2.75) is 27.3 Å². The van der Waals surface area contributed by atoms with E-state index in [1.165, 1.54) is 11.1 Å². The van der Waals surface area contributed by atoms with Crippen molar-refractivity contribution in [2.24, 2.45) is 0 Å². The van der Waals surface area contributed by atoms with Crippen LogP contribution in [0, 0.1) is 0 Å². The van der Waals surface area contributed by atoms with E-state index in [4.69, 9.17) is 0 Å². The predicted octanol–water partition coefficient (Wildman–Crippen LogP) is 3.87. The summed E-state index contributed by atoms with van der Waals surface area (Å²) in [5.41, 5.74) is 4.31. The fraction of sp³-hybridized carbons (Fsp3) is 0.278. The van der Waals surface area contributed by atoms with Gasteiger partial charge in [0.2, 0.25) is 0 Å². The minimum absolute atomic E-state index is 0.131. The van der Waals surface area contributed by atoms with Crippen LogP contribution in [0.2, 0.25) is 0 Å². The van der Waals surface area contributed by atoms with Crippen LogP contribution in [0.15, 0.2) is 65.3 Å². The second kappa shape index (κ2) is 6.38. The first-order valence-electron chi connectivity index (χ1n) is 6.99. The van der Waals surface area contributed by atoms with E-state index < -0.39 is 0 Å². The summed E-state index contributed by atoms with van der Waals surface area (Å²) >= 11 is 0. The molecule has 1 aliphatic rings. The number of nitrogens with zero attached hydrogens (tertiary/aromatic N) is 1. The van der Waals surface area contributed by atoms with Crippen LogP contribution in [-0.4, -0.2) is 17.4 Å². The Kier molecular flexibility index (Phi) is 4.57. The second-order valence-electron chi connectivity index (χ2n) is 5.05. The van der Waals surface area contributed by atoms with E-state index in [0.29, 0.717) is 13.1 Å². The van der Waals surface area contributed by atoms with E-state index in [2.05, 4.69) is 31.2 Å². The zero-order valence-corrected chi connectivity index (χ0v) is 12.4. The molecule has 1 aliphatic heterocycles. The molecule has 1 amide bonds. The van der Waals surface area contributed by atoms with Gasteiger partial charge in [-0.25, -0.2) is 0 Å². The van der Waals surface area contributed by atoms with Crippen LogP contribution in [0.5, 0.6) is 0 Å². The molecule has 1 aromatic rings. The number of carbonyl (C=O) groups excluding carboxylic acids is 1. The first-order valence-corrected chi connectivity index (χ1v) is 6.99. The van der Waals surface area contributed by atoms with Crippen molar-refractivity contribution >= 4 is 5.91 Å². The Balaban J connectivity index is 2.22. The van der Waals surface area contributed by atoms with Crippen molar-refractivity contribution in [1.29, 1.82) is 0 Å². The Morgan fingerprint density at radius 1 is 1.25 bits per heavy atom. The van der Waals surface area contributed by atoms with Gasteiger partial charge in [-0.1, -0.05) is 54.1 Å². The highest BCUT2D eigenvalue weighted by Crippen LogP contribution is 2.26. The van der Waals surface area contributed by atoms with E-state index in [1.807, 2.05) is 43.0 Å². The van der Waals surface area contributed by atoms with Gasteiger partial charge in [-0.05, 0) is 31.9 Å². The molecule has 104 valence electrons. The summed E-state index contributed by atoms with van der Waals surface area (Å²) in [6.45, 7) is 7.37. The van der Waals surface area contributed by atoms with Crippen LogP contribution in [-0.2, 0) is 11.3 Å². The maximum atomic E-state index is 12.4. The minimum atomic E-state index is 0.131. The van der Waals surface area contributed by atoms with Crippen LogP contribution in [0.1, 0.15) is 26.3 Å². The van der Waals surface area contributed by atoms with Gasteiger partial charge in [-0.3, -0.25) is 4.79 Å². The quantitative estimate of drug-likeness (QED) is 0.761. The Bertz CT molecular complexity index is 579. The molecule has 20 heavy (non-hydrogen) atoms. The van der Waals surface area contributed by atoms with Crippen molar-refractivity contribution < 1.29 is 4.79 Å². The van der Waals surface area contributed by atoms with E-state index in [1.54, 1.807) is 0 Å². The number of benzene rings is 1. The number of likely N-dealkylation sites (tertiary alicyclic amines) is 1. The summed E-state index contributed by atoms with van der Waals surface area (Å²) < 4.78 is 0. The maximum Gasteiger partial charge on any atom is 0.254 e. The van der Waals surface area contributed by atoms with Crippen molar-refractivity contribution in [3.8, 4) is 0 Å². The zero-order chi connectivity index (χ0) is 14.5. The van der Waals surface area contributed by atoms with Gasteiger partial charge in [-0.15, -0.1) is 0 Å². The Hall–Kier alpha value is -2.09. The lowest BCUT2D eigenvalue weighted by atomic mass is 10.1. The number of hydrogen-bond acceptors (Lipinski definition) is 1. The highest BCUT2D eigenvalue weighted by Gasteiger charge is 2.29. The fourth-order valence-corrected chi connectivity index (χ4v) is 2.39. The predicted molar refractivity (Wildman–Crippen MR) is 83.1 cm³/mol. The minimum Gasteiger partial charge on any atom is -0.330 e. The molecule has 0 saturated carbocycles. The fourth-order valence-electron chi connectivity index (χ4n) is 2.39. The topological polar surface area (TPSA) is 20.3 Å². The van der Waals surface area contributed by atoms with Crippen LogP contribution < -0.4 is 0 Å². The molecule has 1 heterocycles. The first-order chi connectivity index (χ1) is 9.65. The number of carbonyl (C=O) groups is 1. The van der Waals surface area contributed by atoms with Crippen LogP contribution in [0.4, 0.5) is 0 Å². The molecule has 0 radical (unpaired) electrons. The molecule has 1 saturated heterocycles. The SMILES string of the molecule is C\C=C(C)/C=C1/CN(Cc2ccccc2)C(=O)/C1=C\C. The van der Waals surface area contributed by atoms with E-state index in [9.17, 15) is 4.79 Å². The van der Waals surface area contributed by atoms with Crippen LogP contribution in [0.3, 0.4) is 0 Å². The van der Waals surface area contributed by atoms with E-state index in [-0.39, 0.29) is 5.91 Å². The van der Waals surface area contributed by atoms with Crippen LogP contribution in [0.25, 0.3) is 0 Å². The van der Waals surface area contributed by atoms with Gasteiger partial charge in [0.05, 0.1) is 0 Å². The van der Waals surface area contributed by atoms with E-state index >= 15 is 0 Å². The van der Waals surface area contributed by atoms with Gasteiger partial charge >= 0.3 is 0 Å². The Labute approximate surface area is 121 Å². The standard InChI is InChI=1S/C18H21NO/c1-4-14(3)11-16-13-19(18(20)17(16)5-2)12-15-9-7-6-8-10-15/h4-11H,12-13H2,1-3H3/b14-4-,16-11-,17-5-. The summed E-state index contributed by atoms with van der Waals surface area (Å²) in [4.78, 5) is 14.3. The first kappa shape index (κ1) is 14.3. The molecule has 1 fully saturated rings. The molecule has 0 N–H and O–H groups in total. The summed E-state index contributed by atoms with van der Waals surface area (Å²) in [5, 5.41) is 0. The van der Waals surface area contributed by atoms with Gasteiger partial charge in [0.25, 0.3) is 5.91 Å². The van der Waals surface area contributed by atoms with Crippen molar-refractivity contribution in [1.82, 2.24) is 4.90 Å². The number of hydrogen-bond donors (Lipinski definition) is 0. The molecule has 0 spiro atoms. The lowest BCUT2D eigenvalue weighted by molar-refractivity contribution is -0.125. The summed E-state index contributed by atoms with van der Waals surface area (Å²) in [6, 6.07) is 10.1.